The molecule has 1 aliphatic rings. The van der Waals surface area contributed by atoms with Gasteiger partial charge in [0.1, 0.15) is 18.4 Å². The molecule has 0 saturated carbocycles. The Labute approximate surface area is 129 Å². The first-order chi connectivity index (χ1) is 10.8. The number of nitrogens with zero attached hydrogens (tertiary/aromatic N) is 5. The van der Waals surface area contributed by atoms with Gasteiger partial charge in [0.2, 0.25) is 5.91 Å². The molecule has 0 aliphatic carbocycles. The van der Waals surface area contributed by atoms with Gasteiger partial charge in [0.05, 0.1) is 13.7 Å². The van der Waals surface area contributed by atoms with E-state index in [2.05, 4.69) is 15.1 Å². The van der Waals surface area contributed by atoms with Gasteiger partial charge in [0, 0.05) is 37.9 Å². The molecule has 22 heavy (non-hydrogen) atoms. The van der Waals surface area contributed by atoms with E-state index in [1.54, 1.807) is 19.8 Å². The smallest absolute Gasteiger partial charge is 0.241 e. The van der Waals surface area contributed by atoms with Crippen LogP contribution in [-0.4, -0.2) is 58.9 Å². The van der Waals surface area contributed by atoms with Crippen molar-refractivity contribution in [3.63, 3.8) is 0 Å². The first-order valence-corrected chi connectivity index (χ1v) is 7.25. The van der Waals surface area contributed by atoms with Crippen LogP contribution >= 0.6 is 0 Å². The summed E-state index contributed by atoms with van der Waals surface area (Å²) in [6.07, 6.45) is 3.38. The molecular weight excluding hydrogens is 282 g/mol. The number of carbonyl (C=O) groups is 1. The van der Waals surface area contributed by atoms with E-state index < -0.39 is 0 Å². The van der Waals surface area contributed by atoms with E-state index in [0.717, 1.165) is 31.1 Å². The van der Waals surface area contributed by atoms with Gasteiger partial charge < -0.3 is 14.2 Å². The molecule has 1 fully saturated rings. The Kier molecular flexibility index (Phi) is 4.34. The number of amides is 1. The number of piperazine rings is 1. The van der Waals surface area contributed by atoms with Crippen molar-refractivity contribution in [2.75, 3.05) is 38.2 Å². The molecule has 3 rings (SSSR count). The molecule has 1 aromatic carbocycles. The van der Waals surface area contributed by atoms with Crippen LogP contribution in [0.4, 0.5) is 5.69 Å². The maximum absolute atomic E-state index is 12.4. The molecule has 116 valence electrons. The highest BCUT2D eigenvalue weighted by molar-refractivity contribution is 5.95. The standard InChI is InChI=1S/C15H19N5O2/c1-22-14-4-2-3-13(9-14)20-8-7-18(10-15(20)21)5-6-19-11-16-17-12-19/h2-4,9,11-12H,5-8,10H2,1H3. The minimum absolute atomic E-state index is 0.114. The van der Waals surface area contributed by atoms with E-state index in [1.807, 2.05) is 33.7 Å². The predicted molar refractivity (Wildman–Crippen MR) is 81.8 cm³/mol. The number of hydrogen-bond acceptors (Lipinski definition) is 5. The topological polar surface area (TPSA) is 63.5 Å². The Hall–Kier alpha value is -2.41. The van der Waals surface area contributed by atoms with Crippen LogP contribution in [0.5, 0.6) is 5.75 Å². The molecule has 1 aromatic heterocycles. The third-order valence-electron chi connectivity index (χ3n) is 3.81. The number of ether oxygens (including phenoxy) is 1. The fraction of sp³-hybridized carbons (Fsp3) is 0.400. The molecule has 0 unspecified atom stereocenters. The van der Waals surface area contributed by atoms with Gasteiger partial charge in [0.15, 0.2) is 0 Å². The maximum Gasteiger partial charge on any atom is 0.241 e. The summed E-state index contributed by atoms with van der Waals surface area (Å²) in [7, 11) is 1.63. The van der Waals surface area contributed by atoms with Crippen molar-refractivity contribution in [1.29, 1.82) is 0 Å². The number of carbonyl (C=O) groups excluding carboxylic acids is 1. The summed E-state index contributed by atoms with van der Waals surface area (Å²) in [6.45, 7) is 3.58. The monoisotopic (exact) mass is 301 g/mol. The summed E-state index contributed by atoms with van der Waals surface area (Å²) in [6, 6.07) is 7.61. The average Bonchev–Trinajstić information content (AvgIpc) is 3.06. The summed E-state index contributed by atoms with van der Waals surface area (Å²) in [4.78, 5) is 16.3. The van der Waals surface area contributed by atoms with E-state index in [4.69, 9.17) is 4.74 Å². The maximum atomic E-state index is 12.4. The fourth-order valence-corrected chi connectivity index (χ4v) is 2.56. The number of rotatable bonds is 5. The summed E-state index contributed by atoms with van der Waals surface area (Å²) >= 11 is 0. The first kappa shape index (κ1) is 14.5. The minimum Gasteiger partial charge on any atom is -0.497 e. The van der Waals surface area contributed by atoms with E-state index in [0.29, 0.717) is 13.1 Å². The zero-order chi connectivity index (χ0) is 15.4. The Bertz CT molecular complexity index is 629. The zero-order valence-corrected chi connectivity index (χ0v) is 12.6. The first-order valence-electron chi connectivity index (χ1n) is 7.25. The van der Waals surface area contributed by atoms with E-state index in [-0.39, 0.29) is 5.91 Å². The van der Waals surface area contributed by atoms with Gasteiger partial charge in [-0.3, -0.25) is 9.69 Å². The van der Waals surface area contributed by atoms with Crippen LogP contribution in [0.25, 0.3) is 0 Å². The third kappa shape index (κ3) is 3.25. The molecule has 0 bridgehead atoms. The Morgan fingerprint density at radius 2 is 2.00 bits per heavy atom. The molecule has 0 atom stereocenters. The molecule has 7 heteroatoms. The lowest BCUT2D eigenvalue weighted by Crippen LogP contribution is -2.51. The van der Waals surface area contributed by atoms with E-state index >= 15 is 0 Å². The number of hydrogen-bond donors (Lipinski definition) is 0. The lowest BCUT2D eigenvalue weighted by molar-refractivity contribution is -0.121. The number of anilines is 1. The summed E-state index contributed by atoms with van der Waals surface area (Å²) in [5.41, 5.74) is 0.891. The van der Waals surface area contributed by atoms with E-state index in [1.165, 1.54) is 0 Å². The van der Waals surface area contributed by atoms with Crippen molar-refractivity contribution in [2.45, 2.75) is 6.54 Å². The van der Waals surface area contributed by atoms with Crippen molar-refractivity contribution in [1.82, 2.24) is 19.7 Å². The largest absolute Gasteiger partial charge is 0.497 e. The quantitative estimate of drug-likeness (QED) is 0.811. The van der Waals surface area contributed by atoms with Gasteiger partial charge in [0.25, 0.3) is 0 Å². The van der Waals surface area contributed by atoms with Crippen molar-refractivity contribution >= 4 is 11.6 Å². The molecule has 2 heterocycles. The second-order valence-corrected chi connectivity index (χ2v) is 5.22. The highest BCUT2D eigenvalue weighted by Gasteiger charge is 2.24. The Balaban J connectivity index is 1.58. The summed E-state index contributed by atoms with van der Waals surface area (Å²) < 4.78 is 7.13. The molecule has 1 amide bonds. The molecule has 2 aromatic rings. The van der Waals surface area contributed by atoms with Gasteiger partial charge in [-0.15, -0.1) is 10.2 Å². The van der Waals surface area contributed by atoms with Gasteiger partial charge in [-0.2, -0.15) is 0 Å². The predicted octanol–water partition coefficient (Wildman–Crippen LogP) is 0.635. The molecule has 1 aliphatic heterocycles. The van der Waals surface area contributed by atoms with Crippen molar-refractivity contribution < 1.29 is 9.53 Å². The van der Waals surface area contributed by atoms with Gasteiger partial charge in [-0.05, 0) is 12.1 Å². The summed E-state index contributed by atoms with van der Waals surface area (Å²) in [5.74, 6) is 0.878. The Morgan fingerprint density at radius 1 is 1.18 bits per heavy atom. The van der Waals surface area contributed by atoms with Crippen molar-refractivity contribution in [3.05, 3.63) is 36.9 Å². The average molecular weight is 301 g/mol. The SMILES string of the molecule is COc1cccc(N2CCN(CCn3cnnc3)CC2=O)c1. The van der Waals surface area contributed by atoms with Crippen LogP contribution in [0, 0.1) is 0 Å². The molecule has 0 spiro atoms. The normalized spacial score (nSPS) is 16.0. The van der Waals surface area contributed by atoms with Crippen LogP contribution in [0.1, 0.15) is 0 Å². The third-order valence-corrected chi connectivity index (χ3v) is 3.81. The van der Waals surface area contributed by atoms with Crippen LogP contribution < -0.4 is 9.64 Å². The molecule has 0 N–H and O–H groups in total. The van der Waals surface area contributed by atoms with Crippen LogP contribution in [-0.2, 0) is 11.3 Å². The summed E-state index contributed by atoms with van der Waals surface area (Å²) in [5, 5.41) is 7.55. The van der Waals surface area contributed by atoms with Crippen LogP contribution in [0.2, 0.25) is 0 Å². The van der Waals surface area contributed by atoms with Gasteiger partial charge in [-0.1, -0.05) is 6.07 Å². The van der Waals surface area contributed by atoms with Gasteiger partial charge in [-0.25, -0.2) is 0 Å². The molecule has 1 saturated heterocycles. The number of aromatic nitrogens is 3. The van der Waals surface area contributed by atoms with Crippen molar-refractivity contribution in [3.8, 4) is 5.75 Å². The van der Waals surface area contributed by atoms with Crippen molar-refractivity contribution in [2.24, 2.45) is 0 Å². The number of methoxy groups -OCH3 is 1. The molecule has 7 nitrogen and oxygen atoms in total. The van der Waals surface area contributed by atoms with Gasteiger partial charge >= 0.3 is 0 Å². The lowest BCUT2D eigenvalue weighted by atomic mass is 10.2. The van der Waals surface area contributed by atoms with Crippen LogP contribution in [0.3, 0.4) is 0 Å². The molecule has 0 radical (unpaired) electrons. The van der Waals surface area contributed by atoms with E-state index in [9.17, 15) is 4.79 Å². The minimum atomic E-state index is 0.114. The van der Waals surface area contributed by atoms with Crippen LogP contribution in [0.15, 0.2) is 36.9 Å². The Morgan fingerprint density at radius 3 is 2.73 bits per heavy atom. The highest BCUT2D eigenvalue weighted by atomic mass is 16.5. The number of benzene rings is 1. The second-order valence-electron chi connectivity index (χ2n) is 5.22. The fourth-order valence-electron chi connectivity index (χ4n) is 2.56. The highest BCUT2D eigenvalue weighted by Crippen LogP contribution is 2.22. The lowest BCUT2D eigenvalue weighted by Gasteiger charge is -2.34. The zero-order valence-electron chi connectivity index (χ0n) is 12.6. The molecular formula is C15H19N5O2. The second kappa shape index (κ2) is 6.57.